The number of aliphatic hydroxyl groups is 1. The first-order chi connectivity index (χ1) is 9.92. The highest BCUT2D eigenvalue weighted by atomic mass is 16.3. The number of rotatable bonds is 9. The van der Waals surface area contributed by atoms with E-state index < -0.39 is 6.10 Å². The summed E-state index contributed by atoms with van der Waals surface area (Å²) in [4.78, 5) is 2.54. The molecule has 1 aromatic rings. The van der Waals surface area contributed by atoms with Crippen LogP contribution in [0.3, 0.4) is 0 Å². The van der Waals surface area contributed by atoms with Crippen LogP contribution in [-0.2, 0) is 0 Å². The van der Waals surface area contributed by atoms with Crippen molar-refractivity contribution in [1.82, 2.24) is 4.90 Å². The predicted molar refractivity (Wildman–Crippen MR) is 91.4 cm³/mol. The molecule has 0 aliphatic rings. The summed E-state index contributed by atoms with van der Waals surface area (Å²) >= 11 is 0. The van der Waals surface area contributed by atoms with Crippen molar-refractivity contribution in [3.05, 3.63) is 35.9 Å². The van der Waals surface area contributed by atoms with Crippen molar-refractivity contribution in [3.63, 3.8) is 0 Å². The molecule has 0 aliphatic carbocycles. The summed E-state index contributed by atoms with van der Waals surface area (Å²) in [5.74, 6) is 0. The largest absolute Gasteiger partial charge is 0.388 e. The lowest BCUT2D eigenvalue weighted by Gasteiger charge is -2.39. The first-order valence-electron chi connectivity index (χ1n) is 8.39. The standard InChI is InChI=1S/C19H33NO/c1-6-8-14-20(16(3)7-2)15-19(4,5)18(21)17-12-10-9-11-13-17/h9-13,16,18,21H,6-8,14-15H2,1-5H3. The Labute approximate surface area is 131 Å². The maximum atomic E-state index is 10.8. The van der Waals surface area contributed by atoms with Crippen molar-refractivity contribution in [1.29, 1.82) is 0 Å². The molecule has 0 radical (unpaired) electrons. The zero-order valence-electron chi connectivity index (χ0n) is 14.5. The maximum Gasteiger partial charge on any atom is 0.0853 e. The van der Waals surface area contributed by atoms with Gasteiger partial charge in [0.15, 0.2) is 0 Å². The molecule has 1 aromatic carbocycles. The monoisotopic (exact) mass is 291 g/mol. The van der Waals surface area contributed by atoms with E-state index in [0.717, 1.165) is 25.1 Å². The third-order valence-corrected chi connectivity index (χ3v) is 4.48. The molecule has 0 bridgehead atoms. The van der Waals surface area contributed by atoms with Crippen LogP contribution in [0.5, 0.6) is 0 Å². The van der Waals surface area contributed by atoms with Crippen molar-refractivity contribution in [2.45, 2.75) is 66.0 Å². The van der Waals surface area contributed by atoms with Crippen molar-refractivity contribution in [3.8, 4) is 0 Å². The van der Waals surface area contributed by atoms with Crippen molar-refractivity contribution in [2.24, 2.45) is 5.41 Å². The Morgan fingerprint density at radius 1 is 1.14 bits per heavy atom. The van der Waals surface area contributed by atoms with Gasteiger partial charge in [0.2, 0.25) is 0 Å². The van der Waals surface area contributed by atoms with Crippen LogP contribution in [0.4, 0.5) is 0 Å². The lowest BCUT2D eigenvalue weighted by atomic mass is 9.81. The molecule has 2 heteroatoms. The average Bonchev–Trinajstić information content (AvgIpc) is 2.50. The molecule has 21 heavy (non-hydrogen) atoms. The van der Waals surface area contributed by atoms with Gasteiger partial charge in [-0.15, -0.1) is 0 Å². The Balaban J connectivity index is 2.79. The highest BCUT2D eigenvalue weighted by molar-refractivity contribution is 5.19. The van der Waals surface area contributed by atoms with Gasteiger partial charge in [-0.1, -0.05) is 64.4 Å². The van der Waals surface area contributed by atoms with E-state index in [2.05, 4.69) is 39.5 Å². The van der Waals surface area contributed by atoms with E-state index in [-0.39, 0.29) is 5.41 Å². The Morgan fingerprint density at radius 2 is 1.76 bits per heavy atom. The number of aliphatic hydroxyl groups excluding tert-OH is 1. The SMILES string of the molecule is CCCCN(CC(C)(C)C(O)c1ccccc1)C(C)CC. The molecule has 0 heterocycles. The fourth-order valence-corrected chi connectivity index (χ4v) is 2.77. The quantitative estimate of drug-likeness (QED) is 0.716. The van der Waals surface area contributed by atoms with Crippen molar-refractivity contribution >= 4 is 0 Å². The second-order valence-electron chi connectivity index (χ2n) is 6.88. The maximum absolute atomic E-state index is 10.8. The van der Waals surface area contributed by atoms with Crippen LogP contribution >= 0.6 is 0 Å². The third kappa shape index (κ3) is 5.44. The van der Waals surface area contributed by atoms with E-state index in [9.17, 15) is 5.11 Å². The minimum Gasteiger partial charge on any atom is -0.388 e. The fourth-order valence-electron chi connectivity index (χ4n) is 2.77. The van der Waals surface area contributed by atoms with Gasteiger partial charge in [0.05, 0.1) is 6.10 Å². The number of hydrogen-bond acceptors (Lipinski definition) is 2. The van der Waals surface area contributed by atoms with Gasteiger partial charge in [-0.25, -0.2) is 0 Å². The van der Waals surface area contributed by atoms with E-state index in [1.165, 1.54) is 12.8 Å². The van der Waals surface area contributed by atoms with Gasteiger partial charge in [0.25, 0.3) is 0 Å². The summed E-state index contributed by atoms with van der Waals surface area (Å²) in [5.41, 5.74) is 0.862. The van der Waals surface area contributed by atoms with Crippen LogP contribution in [0, 0.1) is 5.41 Å². The Morgan fingerprint density at radius 3 is 2.29 bits per heavy atom. The van der Waals surface area contributed by atoms with E-state index in [1.54, 1.807) is 0 Å². The van der Waals surface area contributed by atoms with Crippen LogP contribution in [-0.4, -0.2) is 29.1 Å². The van der Waals surface area contributed by atoms with Crippen molar-refractivity contribution in [2.75, 3.05) is 13.1 Å². The molecule has 1 rings (SSSR count). The third-order valence-electron chi connectivity index (χ3n) is 4.48. The van der Waals surface area contributed by atoms with E-state index in [1.807, 2.05) is 30.3 Å². The molecule has 0 spiro atoms. The first-order valence-corrected chi connectivity index (χ1v) is 8.39. The average molecular weight is 291 g/mol. The van der Waals surface area contributed by atoms with Crippen LogP contribution < -0.4 is 0 Å². The second-order valence-corrected chi connectivity index (χ2v) is 6.88. The van der Waals surface area contributed by atoms with Gasteiger partial charge in [0, 0.05) is 18.0 Å². The fraction of sp³-hybridized carbons (Fsp3) is 0.684. The highest BCUT2D eigenvalue weighted by Gasteiger charge is 2.32. The normalized spacial score (nSPS) is 15.2. The number of unbranched alkanes of at least 4 members (excludes halogenated alkanes) is 1. The minimum atomic E-state index is -0.424. The van der Waals surface area contributed by atoms with E-state index in [4.69, 9.17) is 0 Å². The lowest BCUT2D eigenvalue weighted by Crippen LogP contribution is -2.43. The predicted octanol–water partition coefficient (Wildman–Crippen LogP) is 4.65. The summed E-state index contributed by atoms with van der Waals surface area (Å²) in [6.07, 6.45) is 3.17. The Kier molecular flexibility index (Phi) is 7.41. The van der Waals surface area contributed by atoms with Crippen LogP contribution in [0.15, 0.2) is 30.3 Å². The van der Waals surface area contributed by atoms with Gasteiger partial charge in [-0.05, 0) is 31.9 Å². The minimum absolute atomic E-state index is 0.154. The van der Waals surface area contributed by atoms with E-state index >= 15 is 0 Å². The molecule has 2 unspecified atom stereocenters. The Hall–Kier alpha value is -0.860. The topological polar surface area (TPSA) is 23.5 Å². The van der Waals surface area contributed by atoms with Gasteiger partial charge in [-0.3, -0.25) is 0 Å². The van der Waals surface area contributed by atoms with Crippen molar-refractivity contribution < 1.29 is 5.11 Å². The molecule has 120 valence electrons. The van der Waals surface area contributed by atoms with Gasteiger partial charge >= 0.3 is 0 Å². The zero-order chi connectivity index (χ0) is 15.9. The first kappa shape index (κ1) is 18.2. The molecule has 0 amide bonds. The van der Waals surface area contributed by atoms with Crippen LogP contribution in [0.2, 0.25) is 0 Å². The summed E-state index contributed by atoms with van der Waals surface area (Å²) < 4.78 is 0. The number of hydrogen-bond donors (Lipinski definition) is 1. The van der Waals surface area contributed by atoms with Gasteiger partial charge in [0.1, 0.15) is 0 Å². The molecule has 0 aliphatic heterocycles. The lowest BCUT2D eigenvalue weighted by molar-refractivity contribution is 0.00998. The number of nitrogens with zero attached hydrogens (tertiary/aromatic N) is 1. The molecule has 0 saturated heterocycles. The second kappa shape index (κ2) is 8.55. The molecule has 0 saturated carbocycles. The molecular formula is C19H33NO. The van der Waals surface area contributed by atoms with Crippen LogP contribution in [0.25, 0.3) is 0 Å². The molecule has 2 nitrogen and oxygen atoms in total. The summed E-state index contributed by atoms with van der Waals surface area (Å²) in [6, 6.07) is 10.6. The van der Waals surface area contributed by atoms with Gasteiger partial charge in [-0.2, -0.15) is 0 Å². The highest BCUT2D eigenvalue weighted by Crippen LogP contribution is 2.34. The molecule has 2 atom stereocenters. The Bertz CT molecular complexity index is 388. The molecule has 0 fully saturated rings. The molecule has 1 N–H and O–H groups in total. The zero-order valence-corrected chi connectivity index (χ0v) is 14.5. The smallest absolute Gasteiger partial charge is 0.0853 e. The summed E-state index contributed by atoms with van der Waals surface area (Å²) in [5, 5.41) is 10.8. The van der Waals surface area contributed by atoms with E-state index in [0.29, 0.717) is 6.04 Å². The summed E-state index contributed by atoms with van der Waals surface area (Å²) in [6.45, 7) is 13.2. The summed E-state index contributed by atoms with van der Waals surface area (Å²) in [7, 11) is 0. The number of benzene rings is 1. The molecule has 0 aromatic heterocycles. The molecular weight excluding hydrogens is 258 g/mol. The van der Waals surface area contributed by atoms with Gasteiger partial charge < -0.3 is 10.0 Å². The van der Waals surface area contributed by atoms with Crippen LogP contribution in [0.1, 0.15) is 65.5 Å².